The molecule has 8 heteroatoms. The Morgan fingerprint density at radius 3 is 2.45 bits per heavy atom. The monoisotopic (exact) mass is 415 g/mol. The quantitative estimate of drug-likeness (QED) is 0.571. The molecule has 0 aliphatic carbocycles. The summed E-state index contributed by atoms with van der Waals surface area (Å²) in [6.07, 6.45) is 0. The molecule has 1 aromatic carbocycles. The lowest BCUT2D eigenvalue weighted by Crippen LogP contribution is -2.41. The number of amides is 2. The van der Waals surface area contributed by atoms with Crippen molar-refractivity contribution in [3.05, 3.63) is 70.7 Å². The summed E-state index contributed by atoms with van der Waals surface area (Å²) in [5.74, 6) is -0.590. The first-order chi connectivity index (χ1) is 14.0. The second kappa shape index (κ2) is 9.49. The first-order valence-corrected chi connectivity index (χ1v) is 10.1. The third kappa shape index (κ3) is 5.10. The van der Waals surface area contributed by atoms with E-state index in [4.69, 9.17) is 4.42 Å². The number of carbonyl (C=O) groups is 2. The van der Waals surface area contributed by atoms with Crippen LogP contribution in [0.3, 0.4) is 0 Å². The van der Waals surface area contributed by atoms with Crippen molar-refractivity contribution < 1.29 is 18.4 Å². The van der Waals surface area contributed by atoms with Crippen LogP contribution in [0.15, 0.2) is 52.9 Å². The van der Waals surface area contributed by atoms with E-state index in [0.717, 1.165) is 24.4 Å². The van der Waals surface area contributed by atoms with Crippen LogP contribution in [-0.2, 0) is 6.54 Å². The minimum Gasteiger partial charge on any atom is -0.454 e. The Balaban J connectivity index is 1.58. The second-order valence-electron chi connectivity index (χ2n) is 6.28. The number of hydrazine groups is 1. The van der Waals surface area contributed by atoms with Gasteiger partial charge in [-0.1, -0.05) is 32.0 Å². The fraction of sp³-hybridized carbons (Fsp3) is 0.238. The van der Waals surface area contributed by atoms with Gasteiger partial charge in [-0.25, -0.2) is 4.39 Å². The van der Waals surface area contributed by atoms with E-state index in [1.807, 2.05) is 0 Å². The van der Waals surface area contributed by atoms with Crippen LogP contribution in [0.4, 0.5) is 4.39 Å². The Hall–Kier alpha value is -2.97. The molecule has 0 spiro atoms. The summed E-state index contributed by atoms with van der Waals surface area (Å²) < 4.78 is 19.4. The minimum atomic E-state index is -0.546. The summed E-state index contributed by atoms with van der Waals surface area (Å²) in [7, 11) is 0. The predicted octanol–water partition coefficient (Wildman–Crippen LogP) is 4.06. The molecule has 0 atom stereocenters. The molecule has 0 saturated heterocycles. The normalized spacial score (nSPS) is 10.9. The number of thiophene rings is 1. The lowest BCUT2D eigenvalue weighted by atomic mass is 10.2. The highest BCUT2D eigenvalue weighted by Crippen LogP contribution is 2.29. The van der Waals surface area contributed by atoms with Crippen LogP contribution in [0.1, 0.15) is 39.8 Å². The van der Waals surface area contributed by atoms with Crippen molar-refractivity contribution in [2.45, 2.75) is 20.4 Å². The first-order valence-electron chi connectivity index (χ1n) is 9.28. The number of furan rings is 1. The first kappa shape index (κ1) is 20.8. The SMILES string of the molecule is CCN(CC)Cc1ccc(C(=O)NNC(=O)c2ccc(-c3ccccc3F)s2)o1. The van der Waals surface area contributed by atoms with Gasteiger partial charge in [0.1, 0.15) is 11.6 Å². The van der Waals surface area contributed by atoms with Crippen molar-refractivity contribution in [3.63, 3.8) is 0 Å². The van der Waals surface area contributed by atoms with E-state index in [0.29, 0.717) is 27.6 Å². The molecule has 0 aliphatic heterocycles. The van der Waals surface area contributed by atoms with Crippen LogP contribution in [-0.4, -0.2) is 29.8 Å². The molecular weight excluding hydrogens is 393 g/mol. The van der Waals surface area contributed by atoms with E-state index >= 15 is 0 Å². The Morgan fingerprint density at radius 1 is 1.00 bits per heavy atom. The molecule has 6 nitrogen and oxygen atoms in total. The average molecular weight is 415 g/mol. The molecule has 0 radical (unpaired) electrons. The molecule has 152 valence electrons. The van der Waals surface area contributed by atoms with E-state index in [1.54, 1.807) is 42.5 Å². The van der Waals surface area contributed by atoms with Gasteiger partial charge >= 0.3 is 5.91 Å². The summed E-state index contributed by atoms with van der Waals surface area (Å²) in [5.41, 5.74) is 5.12. The van der Waals surface area contributed by atoms with Crippen LogP contribution >= 0.6 is 11.3 Å². The third-order valence-electron chi connectivity index (χ3n) is 4.42. The number of nitrogens with one attached hydrogen (secondary N) is 2. The van der Waals surface area contributed by atoms with Crippen LogP contribution in [0.2, 0.25) is 0 Å². The van der Waals surface area contributed by atoms with Crippen molar-refractivity contribution >= 4 is 23.2 Å². The van der Waals surface area contributed by atoms with Crippen molar-refractivity contribution in [1.82, 2.24) is 15.8 Å². The van der Waals surface area contributed by atoms with Crippen LogP contribution in [0.5, 0.6) is 0 Å². The van der Waals surface area contributed by atoms with E-state index in [1.165, 1.54) is 6.07 Å². The zero-order valence-electron chi connectivity index (χ0n) is 16.2. The average Bonchev–Trinajstić information content (AvgIpc) is 3.40. The Labute approximate surface area is 172 Å². The number of nitrogens with zero attached hydrogens (tertiary/aromatic N) is 1. The lowest BCUT2D eigenvalue weighted by Gasteiger charge is -2.15. The topological polar surface area (TPSA) is 74.6 Å². The largest absolute Gasteiger partial charge is 0.454 e. The summed E-state index contributed by atoms with van der Waals surface area (Å²) in [4.78, 5) is 27.6. The Kier molecular flexibility index (Phi) is 6.79. The number of hydrogen-bond donors (Lipinski definition) is 2. The molecule has 0 saturated carbocycles. The molecular formula is C21H22FN3O3S. The number of carbonyl (C=O) groups excluding carboxylic acids is 2. The molecule has 2 heterocycles. The zero-order valence-corrected chi connectivity index (χ0v) is 17.0. The van der Waals surface area contributed by atoms with E-state index in [9.17, 15) is 14.0 Å². The third-order valence-corrected chi connectivity index (χ3v) is 5.54. The smallest absolute Gasteiger partial charge is 0.305 e. The standard InChI is InChI=1S/C21H22FN3O3S/c1-3-25(4-2)13-14-9-10-17(28-14)20(26)23-24-21(27)19-12-11-18(29-19)15-7-5-6-8-16(15)22/h5-12H,3-4,13H2,1-2H3,(H,23,26)(H,24,27). The van der Waals surface area contributed by atoms with Crippen molar-refractivity contribution in [2.75, 3.05) is 13.1 Å². The highest BCUT2D eigenvalue weighted by molar-refractivity contribution is 7.17. The highest BCUT2D eigenvalue weighted by atomic mass is 32.1. The number of hydrogen-bond acceptors (Lipinski definition) is 5. The molecule has 0 unspecified atom stereocenters. The second-order valence-corrected chi connectivity index (χ2v) is 7.36. The fourth-order valence-corrected chi connectivity index (χ4v) is 3.68. The highest BCUT2D eigenvalue weighted by Gasteiger charge is 2.16. The summed E-state index contributed by atoms with van der Waals surface area (Å²) in [6, 6.07) is 12.9. The number of benzene rings is 1. The van der Waals surface area contributed by atoms with Gasteiger partial charge in [-0.05, 0) is 43.4 Å². The van der Waals surface area contributed by atoms with Gasteiger partial charge in [-0.3, -0.25) is 25.3 Å². The van der Waals surface area contributed by atoms with Crippen LogP contribution in [0, 0.1) is 5.82 Å². The van der Waals surface area contributed by atoms with Gasteiger partial charge in [-0.2, -0.15) is 0 Å². The molecule has 0 bridgehead atoms. The molecule has 2 amide bonds. The maximum absolute atomic E-state index is 13.9. The van der Waals surface area contributed by atoms with E-state index in [-0.39, 0.29) is 11.6 Å². The van der Waals surface area contributed by atoms with E-state index < -0.39 is 11.8 Å². The molecule has 0 fully saturated rings. The lowest BCUT2D eigenvalue weighted by molar-refractivity contribution is 0.0830. The van der Waals surface area contributed by atoms with E-state index in [2.05, 4.69) is 29.6 Å². The van der Waals surface area contributed by atoms with Crippen LogP contribution < -0.4 is 10.9 Å². The van der Waals surface area contributed by atoms with Gasteiger partial charge in [0.2, 0.25) is 0 Å². The Bertz CT molecular complexity index is 994. The molecule has 2 aromatic heterocycles. The van der Waals surface area contributed by atoms with Gasteiger partial charge in [0.15, 0.2) is 5.76 Å². The van der Waals surface area contributed by atoms with Crippen molar-refractivity contribution in [3.8, 4) is 10.4 Å². The molecule has 2 N–H and O–H groups in total. The van der Waals surface area contributed by atoms with Gasteiger partial charge in [0.25, 0.3) is 5.91 Å². The minimum absolute atomic E-state index is 0.116. The van der Waals surface area contributed by atoms with Gasteiger partial charge in [0.05, 0.1) is 11.4 Å². The molecule has 29 heavy (non-hydrogen) atoms. The van der Waals surface area contributed by atoms with Crippen LogP contribution in [0.25, 0.3) is 10.4 Å². The number of rotatable bonds is 7. The number of halogens is 1. The van der Waals surface area contributed by atoms with Gasteiger partial charge in [-0.15, -0.1) is 11.3 Å². The summed E-state index contributed by atoms with van der Waals surface area (Å²) in [6.45, 7) is 6.48. The molecule has 0 aliphatic rings. The van der Waals surface area contributed by atoms with Crippen molar-refractivity contribution in [2.24, 2.45) is 0 Å². The van der Waals surface area contributed by atoms with Gasteiger partial charge in [0, 0.05) is 10.4 Å². The molecule has 3 aromatic rings. The summed E-state index contributed by atoms with van der Waals surface area (Å²) >= 11 is 1.14. The fourth-order valence-electron chi connectivity index (χ4n) is 2.75. The molecule has 3 rings (SSSR count). The van der Waals surface area contributed by atoms with Crippen molar-refractivity contribution in [1.29, 1.82) is 0 Å². The predicted molar refractivity (Wildman–Crippen MR) is 110 cm³/mol. The van der Waals surface area contributed by atoms with Gasteiger partial charge < -0.3 is 4.42 Å². The maximum Gasteiger partial charge on any atom is 0.305 e. The summed E-state index contributed by atoms with van der Waals surface area (Å²) in [5, 5.41) is 0. The zero-order chi connectivity index (χ0) is 20.8. The maximum atomic E-state index is 13.9. The Morgan fingerprint density at radius 2 is 1.72 bits per heavy atom.